The lowest BCUT2D eigenvalue weighted by Crippen LogP contribution is -2.28. The second-order valence-corrected chi connectivity index (χ2v) is 6.78. The minimum Gasteiger partial charge on any atom is -0.397 e. The maximum atomic E-state index is 13.1. The van der Waals surface area contributed by atoms with E-state index in [-0.39, 0.29) is 18.1 Å². The highest BCUT2D eigenvalue weighted by atomic mass is 19.1. The molecule has 4 rings (SSSR count). The number of nitrogens with zero attached hydrogens (tertiary/aromatic N) is 4. The number of halogens is 1. The lowest BCUT2D eigenvalue weighted by atomic mass is 10.1. The molecule has 3 heterocycles. The van der Waals surface area contributed by atoms with E-state index in [0.717, 1.165) is 22.8 Å². The SMILES string of the molecule is Cc1nc2c(n1C)CN(C(=O)Cc1nc(-c3ccc(F)cc3)ccc1N)C2. The third-order valence-electron chi connectivity index (χ3n) is 5.02. The van der Waals surface area contributed by atoms with Crippen LogP contribution in [0.1, 0.15) is 22.9 Å². The molecular weight excluding hydrogens is 345 g/mol. The highest BCUT2D eigenvalue weighted by molar-refractivity contribution is 5.80. The van der Waals surface area contributed by atoms with E-state index in [1.54, 1.807) is 29.2 Å². The van der Waals surface area contributed by atoms with Crippen LogP contribution in [-0.4, -0.2) is 25.3 Å². The summed E-state index contributed by atoms with van der Waals surface area (Å²) in [5.74, 6) is 0.605. The summed E-state index contributed by atoms with van der Waals surface area (Å²) >= 11 is 0. The summed E-state index contributed by atoms with van der Waals surface area (Å²) in [6.45, 7) is 3.01. The number of carbonyl (C=O) groups excluding carboxylic acids is 1. The van der Waals surface area contributed by atoms with E-state index in [9.17, 15) is 9.18 Å². The molecule has 0 saturated heterocycles. The molecule has 0 fully saturated rings. The normalized spacial score (nSPS) is 13.1. The lowest BCUT2D eigenvalue weighted by Gasteiger charge is -2.17. The third kappa shape index (κ3) is 3.16. The molecule has 138 valence electrons. The quantitative estimate of drug-likeness (QED) is 0.774. The first kappa shape index (κ1) is 17.2. The average molecular weight is 365 g/mol. The Bertz CT molecular complexity index is 1030. The maximum absolute atomic E-state index is 13.1. The molecule has 1 aromatic carbocycles. The van der Waals surface area contributed by atoms with Crippen LogP contribution in [0, 0.1) is 12.7 Å². The number of pyridine rings is 1. The zero-order valence-electron chi connectivity index (χ0n) is 15.2. The Morgan fingerprint density at radius 2 is 1.89 bits per heavy atom. The topological polar surface area (TPSA) is 77.0 Å². The number of amides is 1. The molecule has 0 spiro atoms. The number of fused-ring (bicyclic) bond motifs is 1. The van der Waals surface area contributed by atoms with Crippen molar-refractivity contribution in [1.82, 2.24) is 19.4 Å². The van der Waals surface area contributed by atoms with Gasteiger partial charge in [-0.1, -0.05) is 0 Å². The largest absolute Gasteiger partial charge is 0.397 e. The first-order chi connectivity index (χ1) is 12.9. The third-order valence-corrected chi connectivity index (χ3v) is 5.02. The van der Waals surface area contributed by atoms with Crippen molar-refractivity contribution in [2.45, 2.75) is 26.4 Å². The number of carbonyl (C=O) groups is 1. The van der Waals surface area contributed by atoms with Crippen LogP contribution in [-0.2, 0) is 31.4 Å². The van der Waals surface area contributed by atoms with Crippen molar-refractivity contribution >= 4 is 11.6 Å². The number of aryl methyl sites for hydroxylation is 1. The van der Waals surface area contributed by atoms with Gasteiger partial charge in [0.15, 0.2) is 0 Å². The molecule has 1 aliphatic rings. The van der Waals surface area contributed by atoms with Gasteiger partial charge in [-0.15, -0.1) is 0 Å². The Balaban J connectivity index is 1.53. The highest BCUT2D eigenvalue weighted by Gasteiger charge is 2.28. The molecule has 0 radical (unpaired) electrons. The summed E-state index contributed by atoms with van der Waals surface area (Å²) in [5.41, 5.74) is 10.5. The number of nitrogen functional groups attached to an aromatic ring is 1. The number of anilines is 1. The van der Waals surface area contributed by atoms with Crippen LogP contribution < -0.4 is 5.73 Å². The molecular formula is C20H20FN5O. The van der Waals surface area contributed by atoms with Crippen molar-refractivity contribution in [3.63, 3.8) is 0 Å². The molecule has 0 bridgehead atoms. The molecule has 2 aromatic heterocycles. The van der Waals surface area contributed by atoms with Crippen molar-refractivity contribution in [3.8, 4) is 11.3 Å². The van der Waals surface area contributed by atoms with Crippen LogP contribution in [0.5, 0.6) is 0 Å². The van der Waals surface area contributed by atoms with Gasteiger partial charge in [0.25, 0.3) is 0 Å². The zero-order valence-corrected chi connectivity index (χ0v) is 15.2. The smallest absolute Gasteiger partial charge is 0.229 e. The summed E-state index contributed by atoms with van der Waals surface area (Å²) in [7, 11) is 1.96. The fraction of sp³-hybridized carbons (Fsp3) is 0.250. The second kappa shape index (κ2) is 6.50. The van der Waals surface area contributed by atoms with Gasteiger partial charge in [-0.05, 0) is 43.3 Å². The predicted molar refractivity (Wildman–Crippen MR) is 99.9 cm³/mol. The number of hydrogen-bond donors (Lipinski definition) is 1. The predicted octanol–water partition coefficient (Wildman–Crippen LogP) is 2.60. The average Bonchev–Trinajstić information content (AvgIpc) is 3.17. The molecule has 2 N–H and O–H groups in total. The van der Waals surface area contributed by atoms with Gasteiger partial charge in [0.05, 0.1) is 48.0 Å². The van der Waals surface area contributed by atoms with E-state index in [1.165, 1.54) is 12.1 Å². The molecule has 6 nitrogen and oxygen atoms in total. The van der Waals surface area contributed by atoms with E-state index in [2.05, 4.69) is 9.97 Å². The Labute approximate surface area is 156 Å². The van der Waals surface area contributed by atoms with Gasteiger partial charge >= 0.3 is 0 Å². The van der Waals surface area contributed by atoms with Crippen LogP contribution in [0.2, 0.25) is 0 Å². The van der Waals surface area contributed by atoms with E-state index in [1.807, 2.05) is 18.5 Å². The molecule has 1 amide bonds. The Morgan fingerprint density at radius 1 is 1.15 bits per heavy atom. The van der Waals surface area contributed by atoms with E-state index >= 15 is 0 Å². The summed E-state index contributed by atoms with van der Waals surface area (Å²) in [4.78, 5) is 23.6. The van der Waals surface area contributed by atoms with Gasteiger partial charge in [0.1, 0.15) is 11.6 Å². The van der Waals surface area contributed by atoms with Gasteiger partial charge in [-0.3, -0.25) is 9.78 Å². The molecule has 0 saturated carbocycles. The molecule has 0 unspecified atom stereocenters. The standard InChI is InChI=1S/C20H20FN5O/c1-12-23-18-10-26(11-19(18)25(12)2)20(27)9-17-15(22)7-8-16(24-17)13-3-5-14(21)6-4-13/h3-8H,9-11,22H2,1-2H3. The Hall–Kier alpha value is -3.22. The van der Waals surface area contributed by atoms with E-state index in [0.29, 0.717) is 30.2 Å². The Morgan fingerprint density at radius 3 is 2.59 bits per heavy atom. The van der Waals surface area contributed by atoms with Crippen molar-refractivity contribution in [2.24, 2.45) is 7.05 Å². The minimum atomic E-state index is -0.304. The number of rotatable bonds is 3. The van der Waals surface area contributed by atoms with Gasteiger partial charge in [0, 0.05) is 12.6 Å². The Kier molecular flexibility index (Phi) is 4.14. The maximum Gasteiger partial charge on any atom is 0.229 e. The molecule has 7 heteroatoms. The molecule has 1 aliphatic heterocycles. The zero-order chi connectivity index (χ0) is 19.1. The van der Waals surface area contributed by atoms with Gasteiger partial charge in [0.2, 0.25) is 5.91 Å². The fourth-order valence-corrected chi connectivity index (χ4v) is 3.33. The summed E-state index contributed by atoms with van der Waals surface area (Å²) in [6, 6.07) is 9.59. The molecule has 0 aliphatic carbocycles. The highest BCUT2D eigenvalue weighted by Crippen LogP contribution is 2.25. The van der Waals surface area contributed by atoms with Crippen molar-refractivity contribution in [2.75, 3.05) is 5.73 Å². The summed E-state index contributed by atoms with van der Waals surface area (Å²) in [5, 5.41) is 0. The van der Waals surface area contributed by atoms with Gasteiger partial charge < -0.3 is 15.2 Å². The second-order valence-electron chi connectivity index (χ2n) is 6.78. The first-order valence-electron chi connectivity index (χ1n) is 8.72. The van der Waals surface area contributed by atoms with Crippen molar-refractivity contribution in [1.29, 1.82) is 0 Å². The van der Waals surface area contributed by atoms with E-state index in [4.69, 9.17) is 5.73 Å². The van der Waals surface area contributed by atoms with Crippen molar-refractivity contribution < 1.29 is 9.18 Å². The van der Waals surface area contributed by atoms with Gasteiger partial charge in [-0.2, -0.15) is 0 Å². The number of aromatic nitrogens is 3. The fourth-order valence-electron chi connectivity index (χ4n) is 3.33. The van der Waals surface area contributed by atoms with E-state index < -0.39 is 0 Å². The van der Waals surface area contributed by atoms with Crippen LogP contribution in [0.25, 0.3) is 11.3 Å². The minimum absolute atomic E-state index is 0.0406. The van der Waals surface area contributed by atoms with Crippen LogP contribution in [0.4, 0.5) is 10.1 Å². The van der Waals surface area contributed by atoms with Crippen LogP contribution >= 0.6 is 0 Å². The van der Waals surface area contributed by atoms with Crippen LogP contribution in [0.15, 0.2) is 36.4 Å². The monoisotopic (exact) mass is 365 g/mol. The molecule has 0 atom stereocenters. The van der Waals surface area contributed by atoms with Gasteiger partial charge in [-0.25, -0.2) is 9.37 Å². The molecule has 3 aromatic rings. The number of nitrogens with two attached hydrogens (primary N) is 1. The summed E-state index contributed by atoms with van der Waals surface area (Å²) < 4.78 is 15.2. The number of imidazole rings is 1. The van der Waals surface area contributed by atoms with Crippen LogP contribution in [0.3, 0.4) is 0 Å². The summed E-state index contributed by atoms with van der Waals surface area (Å²) in [6.07, 6.45) is 0.119. The number of hydrogen-bond acceptors (Lipinski definition) is 4. The molecule has 27 heavy (non-hydrogen) atoms. The first-order valence-corrected chi connectivity index (χ1v) is 8.72. The number of benzene rings is 1. The van der Waals surface area contributed by atoms with Crippen molar-refractivity contribution in [3.05, 3.63) is 65.1 Å². The lowest BCUT2D eigenvalue weighted by molar-refractivity contribution is -0.131.